The van der Waals surface area contributed by atoms with Crippen LogP contribution in [0.25, 0.3) is 0 Å². The van der Waals surface area contributed by atoms with Crippen LogP contribution in [0.5, 0.6) is 11.5 Å². The highest BCUT2D eigenvalue weighted by Crippen LogP contribution is 2.46. The van der Waals surface area contributed by atoms with Crippen LogP contribution < -0.4 is 15.4 Å². The minimum absolute atomic E-state index is 0.0352. The summed E-state index contributed by atoms with van der Waals surface area (Å²) < 4.78 is 24.5. The molecule has 6 atom stereocenters. The Morgan fingerprint density at radius 3 is 2.39 bits per heavy atom. The molecule has 6 rings (SSSR count). The highest BCUT2D eigenvalue weighted by atomic mass is 16.6. The van der Waals surface area contributed by atoms with Crippen molar-refractivity contribution in [2.75, 3.05) is 33.4 Å². The molecule has 0 saturated carbocycles. The lowest BCUT2D eigenvalue weighted by Crippen LogP contribution is -2.50. The van der Waals surface area contributed by atoms with E-state index in [2.05, 4.69) is 20.5 Å². The number of hydrogen-bond acceptors (Lipinski definition) is 17. The number of nitro groups is 1. The number of methoxy groups -OCH3 is 1. The van der Waals surface area contributed by atoms with Gasteiger partial charge in [0, 0.05) is 94.8 Å². The summed E-state index contributed by atoms with van der Waals surface area (Å²) >= 11 is 0. The summed E-state index contributed by atoms with van der Waals surface area (Å²) in [7, 11) is 1.41. The molecule has 1 spiro atoms. The van der Waals surface area contributed by atoms with E-state index in [1.54, 1.807) is 44.4 Å². The zero-order valence-electron chi connectivity index (χ0n) is 38.5. The van der Waals surface area contributed by atoms with E-state index in [1.165, 1.54) is 46.2 Å². The number of ether oxygens (including phenoxy) is 4. The maximum atomic E-state index is 14.8. The first kappa shape index (κ1) is 49.2. The Morgan fingerprint density at radius 2 is 1.74 bits per heavy atom. The van der Waals surface area contributed by atoms with Gasteiger partial charge < -0.3 is 55.0 Å². The molecule has 1 aliphatic carbocycles. The summed E-state index contributed by atoms with van der Waals surface area (Å²) in [6.07, 6.45) is 5.40. The van der Waals surface area contributed by atoms with Crippen molar-refractivity contribution in [3.63, 3.8) is 0 Å². The average molecular weight is 918 g/mol. The molecule has 5 N–H and O–H groups in total. The van der Waals surface area contributed by atoms with E-state index in [-0.39, 0.29) is 75.9 Å². The van der Waals surface area contributed by atoms with Crippen molar-refractivity contribution in [3.05, 3.63) is 91.9 Å². The molecule has 3 unspecified atom stereocenters. The fourth-order valence-electron chi connectivity index (χ4n) is 8.66. The molecule has 4 aliphatic rings. The Kier molecular flexibility index (Phi) is 15.3. The van der Waals surface area contributed by atoms with Crippen LogP contribution in [0, 0.1) is 35.8 Å². The van der Waals surface area contributed by atoms with Crippen molar-refractivity contribution >= 4 is 35.2 Å². The lowest BCUT2D eigenvalue weighted by molar-refractivity contribution is -0.392. The van der Waals surface area contributed by atoms with Crippen LogP contribution in [0.4, 0.5) is 5.82 Å². The van der Waals surface area contributed by atoms with Crippen LogP contribution in [-0.2, 0) is 30.3 Å². The number of fused-ring (bicyclic) bond motifs is 2. The number of amides is 1. The monoisotopic (exact) mass is 917 g/mol. The predicted octanol–water partition coefficient (Wildman–Crippen LogP) is 3.83. The van der Waals surface area contributed by atoms with Gasteiger partial charge in [0.2, 0.25) is 5.78 Å². The minimum Gasteiger partial charge on any atom is -0.507 e. The first-order chi connectivity index (χ1) is 31.3. The largest absolute Gasteiger partial charge is 0.507 e. The van der Waals surface area contributed by atoms with Crippen molar-refractivity contribution < 1.29 is 58.4 Å². The summed E-state index contributed by atoms with van der Waals surface area (Å²) in [6, 6.07) is 0. The van der Waals surface area contributed by atoms with Crippen LogP contribution in [0.3, 0.4) is 0 Å². The maximum Gasteiger partial charge on any atom is 0.347 e. The number of aromatic nitrogens is 2. The van der Waals surface area contributed by atoms with Crippen molar-refractivity contribution in [1.82, 2.24) is 25.1 Å². The van der Waals surface area contributed by atoms with Crippen molar-refractivity contribution in [2.24, 2.45) is 16.8 Å². The molecule has 1 aromatic carbocycles. The normalized spacial score (nSPS) is 26.9. The summed E-state index contributed by atoms with van der Waals surface area (Å²) in [5.74, 6) is -4.33. The number of aromatic hydroxyl groups is 1. The van der Waals surface area contributed by atoms with Gasteiger partial charge in [-0.25, -0.2) is 14.3 Å². The molecule has 2 aromatic rings. The van der Waals surface area contributed by atoms with Crippen molar-refractivity contribution in [2.45, 2.75) is 111 Å². The number of aliphatic hydroxyl groups is 2. The number of esters is 2. The standard InChI is InChI=1S/C46H59N7O13/c1-9-64-43-27(5)41(57)36-35-37(43)45(60)65-20-13-30(63-8)21-33(66-29(7)54)26(4)32(56)22-31(55)24(2)11-10-12-25(3)44(59)48-40(42(36)58)39-38(35)49-46(50-39)14-16-51(17-15-46)18-19-52-28(6)47-23-34(52)53(61)62/h10-13,20,23-24,26,30-33,50,55-57H,9,14-19,21-22H2,1-8H3,(H,48,59)/b11-10+,20-13+,25-12-/t24?,26-,30+,31-,32?,33?/m1/s1. The zero-order valence-corrected chi connectivity index (χ0v) is 38.5. The summed E-state index contributed by atoms with van der Waals surface area (Å²) in [5.41, 5.74) is -1.34. The van der Waals surface area contributed by atoms with Gasteiger partial charge in [0.25, 0.3) is 5.91 Å². The molecule has 20 nitrogen and oxygen atoms in total. The number of nitrogens with zero attached hydrogens (tertiary/aromatic N) is 5. The maximum absolute atomic E-state index is 14.8. The number of ketones is 1. The summed E-state index contributed by atoms with van der Waals surface area (Å²) in [5, 5.41) is 51.9. The van der Waals surface area contributed by atoms with Gasteiger partial charge in [-0.2, -0.15) is 0 Å². The van der Waals surface area contributed by atoms with Crippen LogP contribution in [0.1, 0.15) is 98.0 Å². The number of rotatable bonds is 8. The second kappa shape index (κ2) is 20.5. The number of aryl methyl sites for hydroxylation is 1. The number of imidazole rings is 1. The molecule has 1 aromatic heterocycles. The van der Waals surface area contributed by atoms with E-state index >= 15 is 0 Å². The van der Waals surface area contributed by atoms with E-state index in [4.69, 9.17) is 23.9 Å². The molecule has 4 heterocycles. The Hall–Kier alpha value is -6.22. The van der Waals surface area contributed by atoms with E-state index in [0.717, 1.165) is 6.26 Å². The highest BCUT2D eigenvalue weighted by molar-refractivity contribution is 6.33. The number of likely N-dealkylation sites (tertiary alicyclic amines) is 1. The molecule has 1 fully saturated rings. The number of nitrogens with one attached hydrogen (secondary N) is 2. The SMILES string of the molecule is CCOc1c(C)c(O)c2c3c1C(=O)O/C=C/[C@H](OC)CC(OC(C)=O)[C@H](C)C(O)C[C@@H](O)C(C)/C=C/C=C(/C)C(=O)NC(=C1NC4(CCN(CCn5c([N+](=O)[O-])cnc5C)CC4)N=C13)C2=O. The average Bonchev–Trinajstić information content (AvgIpc) is 3.84. The lowest BCUT2D eigenvalue weighted by Gasteiger charge is -2.37. The van der Waals surface area contributed by atoms with Crippen LogP contribution in [0.2, 0.25) is 0 Å². The Balaban J connectivity index is 1.45. The number of benzene rings is 1. The Morgan fingerprint density at radius 1 is 1.03 bits per heavy atom. The molecule has 3 aliphatic heterocycles. The first-order valence-electron chi connectivity index (χ1n) is 22.0. The second-order valence-corrected chi connectivity index (χ2v) is 17.1. The Bertz CT molecular complexity index is 2410. The molecule has 66 heavy (non-hydrogen) atoms. The third kappa shape index (κ3) is 10.3. The number of carbonyl (C=O) groups is 4. The second-order valence-electron chi connectivity index (χ2n) is 17.1. The Labute approximate surface area is 382 Å². The molecule has 1 saturated heterocycles. The van der Waals surface area contributed by atoms with Crippen molar-refractivity contribution in [1.29, 1.82) is 0 Å². The number of aliphatic imine (C=N–C) groups is 1. The molecule has 356 valence electrons. The smallest absolute Gasteiger partial charge is 0.347 e. The van der Waals surface area contributed by atoms with E-state index < -0.39 is 76.2 Å². The minimum atomic E-state index is -1.11. The summed E-state index contributed by atoms with van der Waals surface area (Å²) in [4.78, 5) is 78.0. The molecule has 20 heteroatoms. The molecular formula is C46H59N7O13. The molecular weight excluding hydrogens is 859 g/mol. The van der Waals surface area contributed by atoms with E-state index in [0.29, 0.717) is 44.8 Å². The topological polar surface area (TPSA) is 267 Å². The number of hydrogen-bond donors (Lipinski definition) is 5. The van der Waals surface area contributed by atoms with E-state index in [1.807, 2.05) is 0 Å². The number of piperidine rings is 1. The highest BCUT2D eigenvalue weighted by Gasteiger charge is 2.49. The van der Waals surface area contributed by atoms with Gasteiger partial charge in [0.1, 0.15) is 47.3 Å². The zero-order chi connectivity index (χ0) is 48.2. The number of cyclic esters (lactones) is 1. The van der Waals surface area contributed by atoms with Gasteiger partial charge in [0.15, 0.2) is 5.82 Å². The number of phenolic OH excluding ortho intramolecular Hbond substituents is 1. The lowest BCUT2D eigenvalue weighted by atomic mass is 9.83. The van der Waals surface area contributed by atoms with Crippen LogP contribution in [-0.4, -0.2) is 127 Å². The van der Waals surface area contributed by atoms with Crippen molar-refractivity contribution in [3.8, 4) is 11.5 Å². The number of Topliss-reactive ketones (excluding diaryl/α,β-unsaturated/α-hetero) is 1. The fraction of sp³-hybridized carbons (Fsp3) is 0.522. The van der Waals surface area contributed by atoms with Crippen LogP contribution >= 0.6 is 0 Å². The molecule has 4 bridgehead atoms. The molecule has 0 radical (unpaired) electrons. The third-order valence-electron chi connectivity index (χ3n) is 12.8. The van der Waals surface area contributed by atoms with Gasteiger partial charge in [-0.15, -0.1) is 0 Å². The van der Waals surface area contributed by atoms with Gasteiger partial charge in [-0.3, -0.25) is 24.3 Å². The number of aliphatic hydroxyl groups excluding tert-OH is 2. The van der Waals surface area contributed by atoms with Gasteiger partial charge in [-0.1, -0.05) is 32.1 Å². The third-order valence-corrected chi connectivity index (χ3v) is 12.8. The first-order valence-corrected chi connectivity index (χ1v) is 22.0. The number of phenols is 1. The van der Waals surface area contributed by atoms with Gasteiger partial charge in [-0.05, 0) is 31.8 Å². The number of allylic oxidation sites excluding steroid dienone is 4. The number of carbonyl (C=O) groups excluding carboxylic acids is 4. The quantitative estimate of drug-likeness (QED) is 0.143. The summed E-state index contributed by atoms with van der Waals surface area (Å²) in [6.45, 7) is 12.9. The van der Waals surface area contributed by atoms with E-state index in [9.17, 15) is 44.6 Å². The van der Waals surface area contributed by atoms with Gasteiger partial charge >= 0.3 is 17.8 Å². The van der Waals surface area contributed by atoms with Crippen LogP contribution in [0.15, 0.2) is 58.7 Å². The predicted molar refractivity (Wildman–Crippen MR) is 239 cm³/mol. The molecule has 1 amide bonds. The van der Waals surface area contributed by atoms with Gasteiger partial charge in [0.05, 0.1) is 48.2 Å². The fourth-order valence-corrected chi connectivity index (χ4v) is 8.66.